The van der Waals surface area contributed by atoms with E-state index in [1.54, 1.807) is 6.07 Å². The Bertz CT molecular complexity index is 617. The minimum absolute atomic E-state index is 0.0226. The minimum atomic E-state index is -0.593. The number of nitrogens with two attached hydrogens (primary N) is 1. The highest BCUT2D eigenvalue weighted by molar-refractivity contribution is 5.93. The molecular weight excluding hydrogens is 250 g/mol. The third-order valence-corrected chi connectivity index (χ3v) is 2.30. The molecule has 2 N–H and O–H groups in total. The summed E-state index contributed by atoms with van der Waals surface area (Å²) < 4.78 is 9.53. The topological polar surface area (TPSA) is 113 Å². The summed E-state index contributed by atoms with van der Waals surface area (Å²) >= 11 is 0. The number of hydrogen-bond donors (Lipinski definition) is 1. The Balaban J connectivity index is 2.41. The standard InChI is InChI=1S/C11H11N5O3/c1-18-8-3-7(14-5-15-8)10-13-4-6(9(12)16-10)11(17)19-2/h3-5H,1-2H3,(H2,12,13,16). The molecule has 0 aromatic carbocycles. The molecule has 0 aliphatic rings. The average Bonchev–Trinajstić information content (AvgIpc) is 2.46. The van der Waals surface area contributed by atoms with E-state index in [-0.39, 0.29) is 17.2 Å². The second-order valence-electron chi connectivity index (χ2n) is 3.43. The summed E-state index contributed by atoms with van der Waals surface area (Å²) in [5.74, 6) is 0.0776. The third-order valence-electron chi connectivity index (χ3n) is 2.30. The number of carbonyl (C=O) groups is 1. The van der Waals surface area contributed by atoms with Crippen molar-refractivity contribution in [1.82, 2.24) is 19.9 Å². The van der Waals surface area contributed by atoms with Gasteiger partial charge in [0.05, 0.1) is 14.2 Å². The number of hydrogen-bond acceptors (Lipinski definition) is 8. The molecule has 2 aromatic heterocycles. The maximum atomic E-state index is 11.4. The number of methoxy groups -OCH3 is 2. The van der Waals surface area contributed by atoms with Gasteiger partial charge in [0.25, 0.3) is 0 Å². The van der Waals surface area contributed by atoms with Crippen LogP contribution in [0.15, 0.2) is 18.6 Å². The predicted molar refractivity (Wildman–Crippen MR) is 65.4 cm³/mol. The van der Waals surface area contributed by atoms with Crippen LogP contribution in [-0.2, 0) is 4.74 Å². The largest absolute Gasteiger partial charge is 0.481 e. The fourth-order valence-corrected chi connectivity index (χ4v) is 1.36. The molecule has 19 heavy (non-hydrogen) atoms. The smallest absolute Gasteiger partial charge is 0.343 e. The highest BCUT2D eigenvalue weighted by Gasteiger charge is 2.14. The van der Waals surface area contributed by atoms with Crippen molar-refractivity contribution in [2.75, 3.05) is 20.0 Å². The number of aromatic nitrogens is 4. The van der Waals surface area contributed by atoms with Crippen LogP contribution >= 0.6 is 0 Å². The van der Waals surface area contributed by atoms with Crippen molar-refractivity contribution < 1.29 is 14.3 Å². The monoisotopic (exact) mass is 261 g/mol. The first kappa shape index (κ1) is 12.7. The number of ether oxygens (including phenoxy) is 2. The van der Waals surface area contributed by atoms with Crippen LogP contribution in [0.4, 0.5) is 5.82 Å². The van der Waals surface area contributed by atoms with Gasteiger partial charge in [-0.3, -0.25) is 0 Å². The third kappa shape index (κ3) is 2.57. The van der Waals surface area contributed by atoms with Crippen molar-refractivity contribution in [2.24, 2.45) is 0 Å². The lowest BCUT2D eigenvalue weighted by molar-refractivity contribution is 0.0601. The van der Waals surface area contributed by atoms with E-state index in [1.807, 2.05) is 0 Å². The Morgan fingerprint density at radius 2 is 2.05 bits per heavy atom. The first-order valence-corrected chi connectivity index (χ1v) is 5.23. The van der Waals surface area contributed by atoms with E-state index in [4.69, 9.17) is 10.5 Å². The maximum absolute atomic E-state index is 11.4. The van der Waals surface area contributed by atoms with Gasteiger partial charge in [-0.25, -0.2) is 24.7 Å². The molecule has 0 spiro atoms. The van der Waals surface area contributed by atoms with Gasteiger partial charge < -0.3 is 15.2 Å². The number of nitrogen functional groups attached to an aromatic ring is 1. The lowest BCUT2D eigenvalue weighted by Gasteiger charge is -2.05. The normalized spacial score (nSPS) is 10.0. The maximum Gasteiger partial charge on any atom is 0.343 e. The molecule has 0 bridgehead atoms. The van der Waals surface area contributed by atoms with Gasteiger partial charge in [0.15, 0.2) is 5.82 Å². The van der Waals surface area contributed by atoms with Crippen molar-refractivity contribution in [1.29, 1.82) is 0 Å². The van der Waals surface area contributed by atoms with E-state index in [9.17, 15) is 4.79 Å². The molecule has 98 valence electrons. The van der Waals surface area contributed by atoms with Gasteiger partial charge in [-0.1, -0.05) is 0 Å². The van der Waals surface area contributed by atoms with E-state index in [1.165, 1.54) is 26.7 Å². The highest BCUT2D eigenvalue weighted by Crippen LogP contribution is 2.18. The zero-order valence-corrected chi connectivity index (χ0v) is 10.3. The Kier molecular flexibility index (Phi) is 3.51. The van der Waals surface area contributed by atoms with Crippen LogP contribution in [0.1, 0.15) is 10.4 Å². The molecule has 0 amide bonds. The molecule has 8 heteroatoms. The van der Waals surface area contributed by atoms with Crippen LogP contribution in [0.5, 0.6) is 5.88 Å². The minimum Gasteiger partial charge on any atom is -0.481 e. The van der Waals surface area contributed by atoms with Crippen LogP contribution in [0, 0.1) is 0 Å². The number of nitrogens with zero attached hydrogens (tertiary/aromatic N) is 4. The lowest BCUT2D eigenvalue weighted by Crippen LogP contribution is -2.09. The van der Waals surface area contributed by atoms with E-state index < -0.39 is 5.97 Å². The second-order valence-corrected chi connectivity index (χ2v) is 3.43. The predicted octanol–water partition coefficient (Wildman–Crippen LogP) is 0.311. The van der Waals surface area contributed by atoms with Crippen molar-refractivity contribution in [3.63, 3.8) is 0 Å². The SMILES string of the molecule is COC(=O)c1cnc(-c2cc(OC)ncn2)nc1N. The van der Waals surface area contributed by atoms with Crippen LogP contribution in [0.25, 0.3) is 11.5 Å². The second kappa shape index (κ2) is 5.25. The zero-order chi connectivity index (χ0) is 13.8. The number of anilines is 1. The van der Waals surface area contributed by atoms with Crippen molar-refractivity contribution in [2.45, 2.75) is 0 Å². The summed E-state index contributed by atoms with van der Waals surface area (Å²) in [7, 11) is 2.74. The summed E-state index contributed by atoms with van der Waals surface area (Å²) in [4.78, 5) is 27.3. The molecule has 0 saturated carbocycles. The van der Waals surface area contributed by atoms with Gasteiger partial charge in [-0.05, 0) is 0 Å². The Morgan fingerprint density at radius 3 is 2.68 bits per heavy atom. The van der Waals surface area contributed by atoms with Gasteiger partial charge >= 0.3 is 5.97 Å². The Hall–Kier alpha value is -2.77. The van der Waals surface area contributed by atoms with E-state index >= 15 is 0 Å². The van der Waals surface area contributed by atoms with Crippen molar-refractivity contribution >= 4 is 11.8 Å². The van der Waals surface area contributed by atoms with Crippen molar-refractivity contribution in [3.8, 4) is 17.4 Å². The van der Waals surface area contributed by atoms with Crippen LogP contribution in [0.3, 0.4) is 0 Å². The summed E-state index contributed by atoms with van der Waals surface area (Å²) in [6, 6.07) is 1.56. The van der Waals surface area contributed by atoms with E-state index in [2.05, 4.69) is 24.7 Å². The number of esters is 1. The van der Waals surface area contributed by atoms with Gasteiger partial charge in [0.1, 0.15) is 23.4 Å². The Labute approximate surface area is 108 Å². The van der Waals surface area contributed by atoms with E-state index in [0.29, 0.717) is 11.6 Å². The molecular formula is C11H11N5O3. The van der Waals surface area contributed by atoms with Crippen LogP contribution in [-0.4, -0.2) is 40.1 Å². The van der Waals surface area contributed by atoms with Crippen molar-refractivity contribution in [3.05, 3.63) is 24.2 Å². The van der Waals surface area contributed by atoms with Crippen LogP contribution < -0.4 is 10.5 Å². The van der Waals surface area contributed by atoms with Gasteiger partial charge in [-0.15, -0.1) is 0 Å². The zero-order valence-electron chi connectivity index (χ0n) is 10.3. The number of rotatable bonds is 3. The summed E-state index contributed by atoms with van der Waals surface area (Å²) in [6.45, 7) is 0. The molecule has 2 aromatic rings. The summed E-state index contributed by atoms with van der Waals surface area (Å²) in [5.41, 5.74) is 6.22. The molecule has 0 atom stereocenters. The molecule has 2 heterocycles. The van der Waals surface area contributed by atoms with Gasteiger partial charge in [0, 0.05) is 12.3 Å². The quantitative estimate of drug-likeness (QED) is 0.785. The summed E-state index contributed by atoms with van der Waals surface area (Å²) in [6.07, 6.45) is 2.61. The lowest BCUT2D eigenvalue weighted by atomic mass is 10.3. The van der Waals surface area contributed by atoms with Gasteiger partial charge in [-0.2, -0.15) is 0 Å². The Morgan fingerprint density at radius 1 is 1.26 bits per heavy atom. The highest BCUT2D eigenvalue weighted by atomic mass is 16.5. The fraction of sp³-hybridized carbons (Fsp3) is 0.182. The molecule has 0 aliphatic heterocycles. The van der Waals surface area contributed by atoms with Gasteiger partial charge in [0.2, 0.25) is 5.88 Å². The molecule has 0 fully saturated rings. The molecule has 0 saturated heterocycles. The molecule has 8 nitrogen and oxygen atoms in total. The van der Waals surface area contributed by atoms with Crippen LogP contribution in [0.2, 0.25) is 0 Å². The first-order chi connectivity index (χ1) is 9.15. The molecule has 0 unspecified atom stereocenters. The van der Waals surface area contributed by atoms with E-state index in [0.717, 1.165) is 0 Å². The number of carbonyl (C=O) groups excluding carboxylic acids is 1. The average molecular weight is 261 g/mol. The molecule has 0 aliphatic carbocycles. The fourth-order valence-electron chi connectivity index (χ4n) is 1.36. The summed E-state index contributed by atoms with van der Waals surface area (Å²) in [5, 5.41) is 0. The molecule has 2 rings (SSSR count). The first-order valence-electron chi connectivity index (χ1n) is 5.23. The molecule has 0 radical (unpaired) electrons.